The zero-order valence-electron chi connectivity index (χ0n) is 22.3. The van der Waals surface area contributed by atoms with Crippen LogP contribution in [-0.4, -0.2) is 36.2 Å². The molecule has 39 heavy (non-hydrogen) atoms. The minimum atomic E-state index is -0.380. The second-order valence-electron chi connectivity index (χ2n) is 9.17. The van der Waals surface area contributed by atoms with E-state index in [1.54, 1.807) is 25.1 Å². The molecule has 0 fully saturated rings. The third kappa shape index (κ3) is 7.86. The number of carbonyl (C=O) groups excluding carboxylic acids is 3. The van der Waals surface area contributed by atoms with Crippen molar-refractivity contribution < 1.29 is 23.9 Å². The Bertz CT molecular complexity index is 1290. The predicted molar refractivity (Wildman–Crippen MR) is 157 cm³/mol. The van der Waals surface area contributed by atoms with Crippen molar-refractivity contribution in [1.82, 2.24) is 0 Å². The summed E-state index contributed by atoms with van der Waals surface area (Å²) in [5.41, 5.74) is 2.18. The van der Waals surface area contributed by atoms with Crippen molar-refractivity contribution in [2.45, 2.75) is 62.5 Å². The van der Waals surface area contributed by atoms with Gasteiger partial charge in [-0.25, -0.2) is 4.79 Å². The van der Waals surface area contributed by atoms with Crippen LogP contribution >= 0.6 is 23.1 Å². The van der Waals surface area contributed by atoms with Crippen LogP contribution in [0.4, 0.5) is 10.7 Å². The van der Waals surface area contributed by atoms with Crippen molar-refractivity contribution >= 4 is 51.6 Å². The van der Waals surface area contributed by atoms with Crippen LogP contribution in [0.1, 0.15) is 60.3 Å². The molecule has 0 aliphatic heterocycles. The lowest BCUT2D eigenvalue weighted by Crippen LogP contribution is -2.25. The number of thiophene rings is 1. The molecule has 0 saturated carbocycles. The topological polar surface area (TPSA) is 93.7 Å². The molecule has 1 atom stereocenters. The average molecular weight is 567 g/mol. The number of benzene rings is 2. The first-order chi connectivity index (χ1) is 19.0. The number of nitrogens with one attached hydrogen (secondary N) is 2. The lowest BCUT2D eigenvalue weighted by molar-refractivity contribution is -0.118. The summed E-state index contributed by atoms with van der Waals surface area (Å²) in [7, 11) is 0. The molecule has 2 amide bonds. The fraction of sp³-hybridized carbons (Fsp3) is 0.367. The van der Waals surface area contributed by atoms with E-state index in [0.717, 1.165) is 42.6 Å². The summed E-state index contributed by atoms with van der Waals surface area (Å²) in [4.78, 5) is 40.6. The Labute approximate surface area is 237 Å². The van der Waals surface area contributed by atoms with E-state index >= 15 is 0 Å². The van der Waals surface area contributed by atoms with E-state index in [9.17, 15) is 14.4 Å². The first-order valence-corrected chi connectivity index (χ1v) is 15.0. The van der Waals surface area contributed by atoms with Crippen LogP contribution in [-0.2, 0) is 27.2 Å². The average Bonchev–Trinajstić information content (AvgIpc) is 3.11. The van der Waals surface area contributed by atoms with Crippen molar-refractivity contribution in [2.75, 3.05) is 23.8 Å². The summed E-state index contributed by atoms with van der Waals surface area (Å²) in [6, 6.07) is 16.6. The minimum Gasteiger partial charge on any atom is -0.484 e. The molecule has 2 N–H and O–H groups in total. The summed E-state index contributed by atoms with van der Waals surface area (Å²) in [6.45, 7) is 3.93. The molecule has 1 aliphatic carbocycles. The molecule has 9 heteroatoms. The van der Waals surface area contributed by atoms with Gasteiger partial charge in [0.2, 0.25) is 5.91 Å². The van der Waals surface area contributed by atoms with Gasteiger partial charge in [-0.15, -0.1) is 23.1 Å². The number of amides is 2. The minimum absolute atomic E-state index is 0.102. The number of rotatable bonds is 11. The van der Waals surface area contributed by atoms with Crippen molar-refractivity contribution in [2.24, 2.45) is 0 Å². The largest absolute Gasteiger partial charge is 0.484 e. The Morgan fingerprint density at radius 1 is 0.974 bits per heavy atom. The summed E-state index contributed by atoms with van der Waals surface area (Å²) in [6.07, 6.45) is 5.60. The monoisotopic (exact) mass is 566 g/mol. The van der Waals surface area contributed by atoms with Gasteiger partial charge in [-0.05, 0) is 74.9 Å². The normalized spacial score (nSPS) is 13.5. The van der Waals surface area contributed by atoms with Crippen LogP contribution in [0.3, 0.4) is 0 Å². The van der Waals surface area contributed by atoms with Gasteiger partial charge >= 0.3 is 5.97 Å². The van der Waals surface area contributed by atoms with Crippen LogP contribution in [0.5, 0.6) is 5.75 Å². The third-order valence-corrected chi connectivity index (χ3v) is 8.88. The first-order valence-electron chi connectivity index (χ1n) is 13.3. The molecular formula is C30H34N2O5S2. The van der Waals surface area contributed by atoms with Gasteiger partial charge in [0.1, 0.15) is 10.8 Å². The summed E-state index contributed by atoms with van der Waals surface area (Å²) >= 11 is 2.93. The molecule has 0 saturated heterocycles. The molecule has 2 aromatic carbocycles. The molecule has 0 bridgehead atoms. The zero-order valence-corrected chi connectivity index (χ0v) is 23.9. The number of anilines is 2. The Kier molecular flexibility index (Phi) is 10.4. The number of hydrogen-bond donors (Lipinski definition) is 2. The summed E-state index contributed by atoms with van der Waals surface area (Å²) in [5, 5.41) is 6.11. The van der Waals surface area contributed by atoms with E-state index < -0.39 is 0 Å². The van der Waals surface area contributed by atoms with Crippen molar-refractivity contribution in [3.63, 3.8) is 0 Å². The van der Waals surface area contributed by atoms with Crippen LogP contribution in [0.15, 0.2) is 59.5 Å². The van der Waals surface area contributed by atoms with Crippen LogP contribution < -0.4 is 15.4 Å². The Hall–Kier alpha value is -3.30. The maximum atomic E-state index is 13.4. The fourth-order valence-electron chi connectivity index (χ4n) is 4.44. The van der Waals surface area contributed by atoms with E-state index in [0.29, 0.717) is 28.4 Å². The smallest absolute Gasteiger partial charge is 0.341 e. The highest BCUT2D eigenvalue weighted by molar-refractivity contribution is 8.00. The zero-order chi connectivity index (χ0) is 27.6. The number of para-hydroxylation sites is 1. The van der Waals surface area contributed by atoms with E-state index in [4.69, 9.17) is 9.47 Å². The molecule has 1 aliphatic rings. The van der Waals surface area contributed by atoms with Gasteiger partial charge < -0.3 is 20.1 Å². The number of fused-ring (bicyclic) bond motifs is 1. The van der Waals surface area contributed by atoms with Crippen molar-refractivity contribution in [3.05, 3.63) is 70.6 Å². The molecule has 1 heterocycles. The lowest BCUT2D eigenvalue weighted by Gasteiger charge is -2.16. The number of thioether (sulfide) groups is 1. The summed E-state index contributed by atoms with van der Waals surface area (Å²) in [5.74, 6) is -0.167. The number of carbonyl (C=O) groups is 3. The molecule has 0 spiro atoms. The van der Waals surface area contributed by atoms with Gasteiger partial charge in [-0.1, -0.05) is 37.6 Å². The Balaban J connectivity index is 1.41. The second-order valence-corrected chi connectivity index (χ2v) is 11.6. The van der Waals surface area contributed by atoms with Crippen LogP contribution in [0, 0.1) is 0 Å². The highest BCUT2D eigenvalue weighted by atomic mass is 32.2. The number of aryl methyl sites for hydroxylation is 1. The van der Waals surface area contributed by atoms with Crippen LogP contribution in [0.25, 0.3) is 0 Å². The number of esters is 1. The van der Waals surface area contributed by atoms with Gasteiger partial charge in [0.15, 0.2) is 6.61 Å². The molecule has 206 valence electrons. The predicted octanol–water partition coefficient (Wildman–Crippen LogP) is 6.72. The molecule has 7 nitrogen and oxygen atoms in total. The molecule has 3 aromatic rings. The Morgan fingerprint density at radius 2 is 1.77 bits per heavy atom. The first kappa shape index (κ1) is 28.7. The number of ether oxygens (including phenoxy) is 2. The lowest BCUT2D eigenvalue weighted by atomic mass is 10.1. The Morgan fingerprint density at radius 3 is 2.54 bits per heavy atom. The number of hydrogen-bond acceptors (Lipinski definition) is 7. The molecule has 1 unspecified atom stereocenters. The highest BCUT2D eigenvalue weighted by Gasteiger charge is 2.28. The van der Waals surface area contributed by atoms with Gasteiger partial charge in [0, 0.05) is 15.5 Å². The standard InChI is InChI=1S/C30H34N2O5S2/c1-3-24(28(34)32-29-27(30(35)36-4-2)23-16-9-6-10-17-25(23)39-29)38-22-15-11-12-20(18-22)31-26(33)19-37-21-13-7-5-8-14-21/h5,7-8,11-15,18,24H,3-4,6,9-10,16-17,19H2,1-2H3,(H,31,33)(H,32,34). The van der Waals surface area contributed by atoms with E-state index in [2.05, 4.69) is 10.6 Å². The highest BCUT2D eigenvalue weighted by Crippen LogP contribution is 2.39. The summed E-state index contributed by atoms with van der Waals surface area (Å²) < 4.78 is 10.9. The van der Waals surface area contributed by atoms with Gasteiger partial charge in [0.25, 0.3) is 5.91 Å². The fourth-order valence-corrected chi connectivity index (χ4v) is 6.73. The third-order valence-electron chi connectivity index (χ3n) is 6.31. The molecule has 4 rings (SSSR count). The van der Waals surface area contributed by atoms with Crippen LogP contribution in [0.2, 0.25) is 0 Å². The van der Waals surface area contributed by atoms with Gasteiger partial charge in [0.05, 0.1) is 17.4 Å². The van der Waals surface area contributed by atoms with E-state index in [-0.39, 0.29) is 36.2 Å². The maximum absolute atomic E-state index is 13.4. The van der Waals surface area contributed by atoms with Gasteiger partial charge in [-0.2, -0.15) is 0 Å². The quantitative estimate of drug-likeness (QED) is 0.152. The second kappa shape index (κ2) is 14.2. The van der Waals surface area contributed by atoms with Crippen molar-refractivity contribution in [1.29, 1.82) is 0 Å². The molecule has 0 radical (unpaired) electrons. The molecule has 1 aromatic heterocycles. The molecular weight excluding hydrogens is 532 g/mol. The van der Waals surface area contributed by atoms with Gasteiger partial charge in [-0.3, -0.25) is 9.59 Å². The van der Waals surface area contributed by atoms with Crippen molar-refractivity contribution in [3.8, 4) is 5.75 Å². The SMILES string of the molecule is CCOC(=O)c1c(NC(=O)C(CC)Sc2cccc(NC(=O)COc3ccccc3)c2)sc2c1CCCCC2. The van der Waals surface area contributed by atoms with E-state index in [1.165, 1.54) is 28.0 Å². The van der Waals surface area contributed by atoms with E-state index in [1.807, 2.05) is 43.3 Å². The maximum Gasteiger partial charge on any atom is 0.341 e.